The number of aliphatic hydroxyl groups is 1. The highest BCUT2D eigenvalue weighted by atomic mass is 35.5. The van der Waals surface area contributed by atoms with E-state index in [-0.39, 0.29) is 0 Å². The second-order valence-corrected chi connectivity index (χ2v) is 6.09. The number of ether oxygens (including phenoxy) is 1. The van der Waals surface area contributed by atoms with Gasteiger partial charge >= 0.3 is 0 Å². The van der Waals surface area contributed by atoms with Gasteiger partial charge in [-0.15, -0.1) is 0 Å². The summed E-state index contributed by atoms with van der Waals surface area (Å²) in [5.41, 5.74) is 1.37. The van der Waals surface area contributed by atoms with Gasteiger partial charge in [0.1, 0.15) is 0 Å². The number of halogens is 1. The first-order valence-electron chi connectivity index (χ1n) is 7.58. The third-order valence-electron chi connectivity index (χ3n) is 4.29. The monoisotopic (exact) mass is 300 g/mol. The average molecular weight is 301 g/mol. The van der Waals surface area contributed by atoms with E-state index in [1.54, 1.807) is 0 Å². The summed E-state index contributed by atoms with van der Waals surface area (Å²) in [7, 11) is 0. The van der Waals surface area contributed by atoms with E-state index in [0.29, 0.717) is 11.4 Å². The standard InChI is InChI=1S/C15H25ClN2O2/c1-4-11-14(16)12(18(5-2)17-11)10-13(19)15(3)8-6-7-9-20-15/h13,19H,4-10H2,1-3H3. The van der Waals surface area contributed by atoms with E-state index in [0.717, 1.165) is 50.2 Å². The zero-order valence-corrected chi connectivity index (χ0v) is 13.4. The summed E-state index contributed by atoms with van der Waals surface area (Å²) in [6.07, 6.45) is 3.84. The Bertz CT molecular complexity index is 453. The fourth-order valence-corrected chi connectivity index (χ4v) is 3.18. The Hall–Kier alpha value is -0.580. The predicted octanol–water partition coefficient (Wildman–Crippen LogP) is 2.98. The lowest BCUT2D eigenvalue weighted by molar-refractivity contribution is -0.135. The molecule has 2 rings (SSSR count). The minimum atomic E-state index is -0.549. The van der Waals surface area contributed by atoms with Gasteiger partial charge in [-0.25, -0.2) is 0 Å². The molecule has 0 spiro atoms. The molecular formula is C15H25ClN2O2. The Morgan fingerprint density at radius 1 is 1.45 bits per heavy atom. The second kappa shape index (κ2) is 6.46. The number of aliphatic hydroxyl groups excluding tert-OH is 1. The second-order valence-electron chi connectivity index (χ2n) is 5.71. The minimum absolute atomic E-state index is 0.462. The summed E-state index contributed by atoms with van der Waals surface area (Å²) < 4.78 is 7.72. The molecule has 5 heteroatoms. The van der Waals surface area contributed by atoms with E-state index in [4.69, 9.17) is 16.3 Å². The maximum atomic E-state index is 10.6. The highest BCUT2D eigenvalue weighted by molar-refractivity contribution is 6.31. The summed E-state index contributed by atoms with van der Waals surface area (Å²) in [5, 5.41) is 15.8. The van der Waals surface area contributed by atoms with E-state index in [9.17, 15) is 5.11 Å². The summed E-state index contributed by atoms with van der Waals surface area (Å²) >= 11 is 6.40. The Balaban J connectivity index is 2.18. The van der Waals surface area contributed by atoms with Gasteiger partial charge in [0.25, 0.3) is 0 Å². The van der Waals surface area contributed by atoms with Crippen LogP contribution < -0.4 is 0 Å². The first-order valence-corrected chi connectivity index (χ1v) is 7.95. The number of rotatable bonds is 5. The van der Waals surface area contributed by atoms with Gasteiger partial charge in [-0.2, -0.15) is 5.10 Å². The lowest BCUT2D eigenvalue weighted by Crippen LogP contribution is -2.46. The molecule has 1 aromatic heterocycles. The summed E-state index contributed by atoms with van der Waals surface area (Å²) in [6.45, 7) is 7.57. The van der Waals surface area contributed by atoms with Crippen LogP contribution in [0.2, 0.25) is 5.02 Å². The highest BCUT2D eigenvalue weighted by Crippen LogP contribution is 2.31. The van der Waals surface area contributed by atoms with Crippen LogP contribution in [0.5, 0.6) is 0 Å². The smallest absolute Gasteiger partial charge is 0.0916 e. The number of aryl methyl sites for hydroxylation is 2. The Kier molecular flexibility index (Phi) is 5.10. The van der Waals surface area contributed by atoms with Gasteiger partial charge < -0.3 is 9.84 Å². The number of hydrogen-bond acceptors (Lipinski definition) is 3. The fourth-order valence-electron chi connectivity index (χ4n) is 2.83. The molecule has 0 bridgehead atoms. The Labute approximate surface area is 126 Å². The van der Waals surface area contributed by atoms with Crippen molar-refractivity contribution in [3.05, 3.63) is 16.4 Å². The number of nitrogens with zero attached hydrogens (tertiary/aromatic N) is 2. The van der Waals surface area contributed by atoms with Gasteiger partial charge in [-0.05, 0) is 39.5 Å². The van der Waals surface area contributed by atoms with Crippen LogP contribution in [0.15, 0.2) is 0 Å². The van der Waals surface area contributed by atoms with Crippen molar-refractivity contribution in [2.24, 2.45) is 0 Å². The number of aromatic nitrogens is 2. The van der Waals surface area contributed by atoms with Crippen LogP contribution in [0.4, 0.5) is 0 Å². The lowest BCUT2D eigenvalue weighted by Gasteiger charge is -2.38. The van der Waals surface area contributed by atoms with Gasteiger partial charge in [0.2, 0.25) is 0 Å². The molecular weight excluding hydrogens is 276 g/mol. The molecule has 0 aromatic carbocycles. The van der Waals surface area contributed by atoms with Gasteiger partial charge in [-0.1, -0.05) is 18.5 Å². The molecule has 4 nitrogen and oxygen atoms in total. The van der Waals surface area contributed by atoms with Crippen LogP contribution in [-0.2, 0) is 24.1 Å². The molecule has 0 aliphatic carbocycles. The van der Waals surface area contributed by atoms with Crippen molar-refractivity contribution >= 4 is 11.6 Å². The summed E-state index contributed by atoms with van der Waals surface area (Å²) in [4.78, 5) is 0. The van der Waals surface area contributed by atoms with Gasteiger partial charge in [0.15, 0.2) is 0 Å². The molecule has 1 aromatic rings. The normalized spacial score (nSPS) is 24.9. The maximum Gasteiger partial charge on any atom is 0.0916 e. The Morgan fingerprint density at radius 3 is 2.75 bits per heavy atom. The zero-order chi connectivity index (χ0) is 14.8. The molecule has 2 unspecified atom stereocenters. The zero-order valence-electron chi connectivity index (χ0n) is 12.7. The predicted molar refractivity (Wildman–Crippen MR) is 80.2 cm³/mol. The quantitative estimate of drug-likeness (QED) is 0.909. The largest absolute Gasteiger partial charge is 0.390 e. The molecule has 0 saturated carbocycles. The molecule has 1 fully saturated rings. The fraction of sp³-hybridized carbons (Fsp3) is 0.800. The molecule has 0 radical (unpaired) electrons. The van der Waals surface area contributed by atoms with E-state index in [1.165, 1.54) is 0 Å². The van der Waals surface area contributed by atoms with Crippen molar-refractivity contribution in [3.8, 4) is 0 Å². The van der Waals surface area contributed by atoms with Gasteiger partial charge in [0.05, 0.1) is 28.1 Å². The van der Waals surface area contributed by atoms with Crippen LogP contribution in [0.3, 0.4) is 0 Å². The van der Waals surface area contributed by atoms with Crippen molar-refractivity contribution in [3.63, 3.8) is 0 Å². The van der Waals surface area contributed by atoms with Crippen molar-refractivity contribution in [1.82, 2.24) is 9.78 Å². The molecule has 0 amide bonds. The minimum Gasteiger partial charge on any atom is -0.390 e. The van der Waals surface area contributed by atoms with E-state index in [2.05, 4.69) is 5.10 Å². The summed E-state index contributed by atoms with van der Waals surface area (Å²) in [6, 6.07) is 0. The Morgan fingerprint density at radius 2 is 2.20 bits per heavy atom. The van der Waals surface area contributed by atoms with Crippen LogP contribution in [0, 0.1) is 0 Å². The summed E-state index contributed by atoms with van der Waals surface area (Å²) in [5.74, 6) is 0. The number of hydrogen-bond donors (Lipinski definition) is 1. The van der Waals surface area contributed by atoms with Gasteiger partial charge in [0, 0.05) is 19.6 Å². The van der Waals surface area contributed by atoms with Crippen LogP contribution in [0.1, 0.15) is 51.4 Å². The third-order valence-corrected chi connectivity index (χ3v) is 4.72. The van der Waals surface area contributed by atoms with Gasteiger partial charge in [-0.3, -0.25) is 4.68 Å². The van der Waals surface area contributed by atoms with E-state index >= 15 is 0 Å². The van der Waals surface area contributed by atoms with Crippen molar-refractivity contribution in [2.45, 2.75) is 71.1 Å². The average Bonchev–Trinajstić information content (AvgIpc) is 2.76. The van der Waals surface area contributed by atoms with E-state index < -0.39 is 11.7 Å². The SMILES string of the molecule is CCc1nn(CC)c(CC(O)C2(C)CCCCO2)c1Cl. The van der Waals surface area contributed by atoms with Crippen molar-refractivity contribution in [1.29, 1.82) is 0 Å². The van der Waals surface area contributed by atoms with Crippen molar-refractivity contribution < 1.29 is 9.84 Å². The third kappa shape index (κ3) is 3.02. The molecule has 114 valence electrons. The van der Waals surface area contributed by atoms with E-state index in [1.807, 2.05) is 25.5 Å². The van der Waals surface area contributed by atoms with Crippen LogP contribution in [0.25, 0.3) is 0 Å². The maximum absolute atomic E-state index is 10.6. The van der Waals surface area contributed by atoms with Crippen molar-refractivity contribution in [2.75, 3.05) is 6.61 Å². The topological polar surface area (TPSA) is 47.3 Å². The molecule has 1 aliphatic rings. The van der Waals surface area contributed by atoms with Crippen LogP contribution >= 0.6 is 11.6 Å². The molecule has 1 aliphatic heterocycles. The first kappa shape index (κ1) is 15.8. The first-order chi connectivity index (χ1) is 9.51. The lowest BCUT2D eigenvalue weighted by atomic mass is 9.87. The molecule has 1 N–H and O–H groups in total. The molecule has 20 heavy (non-hydrogen) atoms. The molecule has 1 saturated heterocycles. The highest BCUT2D eigenvalue weighted by Gasteiger charge is 2.36. The van der Waals surface area contributed by atoms with Crippen LogP contribution in [-0.4, -0.2) is 33.2 Å². The molecule has 2 heterocycles. The molecule has 2 atom stereocenters.